The monoisotopic (exact) mass is 271 g/mol. The molecule has 4 nitrogen and oxygen atoms in total. The molecule has 0 aromatic rings. The number of nitrogens with zero attached hydrogens (tertiary/aromatic N) is 1. The van der Waals surface area contributed by atoms with Crippen molar-refractivity contribution in [2.75, 3.05) is 19.6 Å². The smallest absolute Gasteiger partial charge is 0.221 e. The van der Waals surface area contributed by atoms with Crippen LogP contribution in [0.4, 0.5) is 0 Å². The highest BCUT2D eigenvalue weighted by atomic mass is 16.1. The van der Waals surface area contributed by atoms with Crippen molar-refractivity contribution in [1.29, 1.82) is 0 Å². The molecule has 0 fully saturated rings. The van der Waals surface area contributed by atoms with Crippen molar-refractivity contribution in [2.45, 2.75) is 66.0 Å². The molecule has 0 rings (SSSR count). The van der Waals surface area contributed by atoms with E-state index in [4.69, 9.17) is 5.73 Å². The number of hydrogen-bond donors (Lipinski definition) is 2. The molecular formula is C15H33N3O. The van der Waals surface area contributed by atoms with Crippen molar-refractivity contribution in [2.24, 2.45) is 11.7 Å². The maximum atomic E-state index is 11.9. The number of nitrogens with one attached hydrogen (secondary N) is 1. The number of amides is 1. The predicted octanol–water partition coefficient (Wildman–Crippen LogP) is 1.99. The van der Waals surface area contributed by atoms with Crippen LogP contribution in [0, 0.1) is 5.92 Å². The summed E-state index contributed by atoms with van der Waals surface area (Å²) in [5, 5.41) is 2.95. The van der Waals surface area contributed by atoms with E-state index < -0.39 is 0 Å². The van der Waals surface area contributed by atoms with Gasteiger partial charge in [0.1, 0.15) is 0 Å². The molecule has 114 valence electrons. The van der Waals surface area contributed by atoms with Crippen LogP contribution in [0.15, 0.2) is 0 Å². The summed E-state index contributed by atoms with van der Waals surface area (Å²) in [7, 11) is 0. The first-order valence-corrected chi connectivity index (χ1v) is 7.71. The number of hydrogen-bond acceptors (Lipinski definition) is 3. The lowest BCUT2D eigenvalue weighted by Gasteiger charge is -2.32. The fourth-order valence-corrected chi connectivity index (χ4v) is 2.37. The van der Waals surface area contributed by atoms with Crippen LogP contribution in [0.1, 0.15) is 53.9 Å². The zero-order chi connectivity index (χ0) is 14.8. The van der Waals surface area contributed by atoms with Gasteiger partial charge in [-0.3, -0.25) is 9.69 Å². The van der Waals surface area contributed by atoms with Gasteiger partial charge in [-0.2, -0.15) is 0 Å². The minimum absolute atomic E-state index is 0.105. The van der Waals surface area contributed by atoms with Gasteiger partial charge in [0.2, 0.25) is 5.91 Å². The Morgan fingerprint density at radius 2 is 1.79 bits per heavy atom. The lowest BCUT2D eigenvalue weighted by atomic mass is 10.0. The van der Waals surface area contributed by atoms with Gasteiger partial charge in [0.25, 0.3) is 0 Å². The number of carbonyl (C=O) groups excluding carboxylic acids is 1. The average Bonchev–Trinajstić information content (AvgIpc) is 2.37. The summed E-state index contributed by atoms with van der Waals surface area (Å²) in [5.41, 5.74) is 5.87. The number of carbonyl (C=O) groups is 1. The maximum absolute atomic E-state index is 11.9. The molecule has 0 spiro atoms. The van der Waals surface area contributed by atoms with E-state index in [1.54, 1.807) is 0 Å². The van der Waals surface area contributed by atoms with E-state index in [0.717, 1.165) is 13.1 Å². The zero-order valence-corrected chi connectivity index (χ0v) is 13.4. The molecule has 0 saturated carbocycles. The highest BCUT2D eigenvalue weighted by Gasteiger charge is 2.21. The topological polar surface area (TPSA) is 58.4 Å². The minimum atomic E-state index is 0.105. The predicted molar refractivity (Wildman–Crippen MR) is 82.1 cm³/mol. The Bertz CT molecular complexity index is 240. The van der Waals surface area contributed by atoms with E-state index in [-0.39, 0.29) is 18.0 Å². The number of nitrogens with two attached hydrogens (primary N) is 1. The molecule has 0 heterocycles. The Labute approximate surface area is 119 Å². The molecule has 0 aromatic heterocycles. The van der Waals surface area contributed by atoms with Crippen molar-refractivity contribution in [3.05, 3.63) is 0 Å². The number of likely N-dealkylation sites (N-methyl/N-ethyl adjacent to an activating group) is 1. The highest BCUT2D eigenvalue weighted by molar-refractivity contribution is 5.76. The summed E-state index contributed by atoms with van der Waals surface area (Å²) in [6.07, 6.45) is 2.87. The first-order valence-electron chi connectivity index (χ1n) is 7.71. The fraction of sp³-hybridized carbons (Fsp3) is 0.933. The molecule has 4 heteroatoms. The minimum Gasteiger partial charge on any atom is -0.354 e. The molecular weight excluding hydrogens is 238 g/mol. The molecule has 1 atom stereocenters. The number of rotatable bonds is 10. The lowest BCUT2D eigenvalue weighted by molar-refractivity contribution is -0.122. The Balaban J connectivity index is 4.47. The Morgan fingerprint density at radius 1 is 1.21 bits per heavy atom. The first kappa shape index (κ1) is 18.4. The molecule has 0 radical (unpaired) electrons. The van der Waals surface area contributed by atoms with Crippen LogP contribution in [-0.4, -0.2) is 42.5 Å². The average molecular weight is 271 g/mol. The Morgan fingerprint density at radius 3 is 2.16 bits per heavy atom. The molecule has 0 aliphatic carbocycles. The van der Waals surface area contributed by atoms with E-state index in [0.29, 0.717) is 18.9 Å². The van der Waals surface area contributed by atoms with Crippen molar-refractivity contribution in [1.82, 2.24) is 10.2 Å². The van der Waals surface area contributed by atoms with Gasteiger partial charge < -0.3 is 11.1 Å². The molecule has 19 heavy (non-hydrogen) atoms. The van der Waals surface area contributed by atoms with Gasteiger partial charge in [-0.15, -0.1) is 0 Å². The summed E-state index contributed by atoms with van der Waals surface area (Å²) < 4.78 is 0. The van der Waals surface area contributed by atoms with Crippen LogP contribution in [0.2, 0.25) is 0 Å². The van der Waals surface area contributed by atoms with Crippen LogP contribution >= 0.6 is 0 Å². The van der Waals surface area contributed by atoms with Crippen molar-refractivity contribution in [3.8, 4) is 0 Å². The second-order valence-corrected chi connectivity index (χ2v) is 5.59. The van der Waals surface area contributed by atoms with Crippen molar-refractivity contribution < 1.29 is 4.79 Å². The second-order valence-electron chi connectivity index (χ2n) is 5.59. The van der Waals surface area contributed by atoms with E-state index >= 15 is 0 Å². The van der Waals surface area contributed by atoms with Crippen molar-refractivity contribution >= 4 is 5.91 Å². The van der Waals surface area contributed by atoms with Gasteiger partial charge in [-0.25, -0.2) is 0 Å². The van der Waals surface area contributed by atoms with Gasteiger partial charge >= 0.3 is 0 Å². The summed E-state index contributed by atoms with van der Waals surface area (Å²) in [4.78, 5) is 14.2. The van der Waals surface area contributed by atoms with E-state index in [1.807, 2.05) is 13.8 Å². The molecule has 1 unspecified atom stereocenters. The van der Waals surface area contributed by atoms with Gasteiger partial charge in [0, 0.05) is 31.6 Å². The second kappa shape index (κ2) is 10.2. The van der Waals surface area contributed by atoms with Gasteiger partial charge in [0.05, 0.1) is 0 Å². The SMILES string of the molecule is CCC(CC)CN(CC)C(CN)CC(=O)NC(C)C. The van der Waals surface area contributed by atoms with Crippen LogP contribution in [0.3, 0.4) is 0 Å². The molecule has 0 aliphatic heterocycles. The summed E-state index contributed by atoms with van der Waals surface area (Å²) >= 11 is 0. The quantitative estimate of drug-likeness (QED) is 0.639. The van der Waals surface area contributed by atoms with Crippen LogP contribution in [0.5, 0.6) is 0 Å². The summed E-state index contributed by atoms with van der Waals surface area (Å²) in [5.74, 6) is 0.801. The van der Waals surface area contributed by atoms with Gasteiger partial charge in [-0.1, -0.05) is 33.6 Å². The van der Waals surface area contributed by atoms with Gasteiger partial charge in [0.15, 0.2) is 0 Å². The van der Waals surface area contributed by atoms with E-state index in [1.165, 1.54) is 12.8 Å². The third kappa shape index (κ3) is 7.53. The molecule has 0 aromatic carbocycles. The summed E-state index contributed by atoms with van der Waals surface area (Å²) in [6.45, 7) is 13.1. The van der Waals surface area contributed by atoms with E-state index in [2.05, 4.69) is 31.0 Å². The molecule has 1 amide bonds. The molecule has 3 N–H and O–H groups in total. The fourth-order valence-electron chi connectivity index (χ4n) is 2.37. The Kier molecular flexibility index (Phi) is 9.88. The Hall–Kier alpha value is -0.610. The standard InChI is InChI=1S/C15H33N3O/c1-6-13(7-2)11-18(8-3)14(10-16)9-15(19)17-12(4)5/h12-14H,6-11,16H2,1-5H3,(H,17,19). The summed E-state index contributed by atoms with van der Waals surface area (Å²) in [6, 6.07) is 0.351. The molecule has 0 bridgehead atoms. The maximum Gasteiger partial charge on any atom is 0.221 e. The van der Waals surface area contributed by atoms with Crippen LogP contribution < -0.4 is 11.1 Å². The molecule has 0 saturated heterocycles. The molecule has 0 aliphatic rings. The van der Waals surface area contributed by atoms with E-state index in [9.17, 15) is 4.79 Å². The third-order valence-electron chi connectivity index (χ3n) is 3.71. The van der Waals surface area contributed by atoms with Crippen LogP contribution in [0.25, 0.3) is 0 Å². The zero-order valence-electron chi connectivity index (χ0n) is 13.4. The first-order chi connectivity index (χ1) is 8.98. The van der Waals surface area contributed by atoms with Gasteiger partial charge in [-0.05, 0) is 26.3 Å². The third-order valence-corrected chi connectivity index (χ3v) is 3.71. The van der Waals surface area contributed by atoms with Crippen molar-refractivity contribution in [3.63, 3.8) is 0 Å². The van der Waals surface area contributed by atoms with Crippen LogP contribution in [-0.2, 0) is 4.79 Å². The lowest BCUT2D eigenvalue weighted by Crippen LogP contribution is -2.46. The highest BCUT2D eigenvalue weighted by Crippen LogP contribution is 2.13. The largest absolute Gasteiger partial charge is 0.354 e. The normalized spacial score (nSPS) is 13.3.